The number of hydrogen-bond acceptors (Lipinski definition) is 4. The summed E-state index contributed by atoms with van der Waals surface area (Å²) in [6.45, 7) is 0. The summed E-state index contributed by atoms with van der Waals surface area (Å²) in [4.78, 5) is 15.1. The number of ether oxygens (including phenoxy) is 1. The first-order chi connectivity index (χ1) is 10.4. The van der Waals surface area contributed by atoms with Crippen LogP contribution in [0.1, 0.15) is 10.4 Å². The van der Waals surface area contributed by atoms with Gasteiger partial charge in [-0.05, 0) is 41.5 Å². The van der Waals surface area contributed by atoms with Crippen LogP contribution in [-0.2, 0) is 0 Å². The van der Waals surface area contributed by atoms with Gasteiger partial charge in [0.1, 0.15) is 12.0 Å². The minimum atomic E-state index is -4.81. The van der Waals surface area contributed by atoms with Gasteiger partial charge in [0, 0.05) is 5.56 Å². The Morgan fingerprint density at radius 1 is 1.09 bits per heavy atom. The number of carbonyl (C=O) groups excluding carboxylic acids is 1. The Morgan fingerprint density at radius 2 is 1.91 bits per heavy atom. The zero-order valence-electron chi connectivity index (χ0n) is 10.9. The molecule has 0 bridgehead atoms. The normalized spacial score (nSPS) is 11.6. The predicted molar refractivity (Wildman–Crippen MR) is 77.1 cm³/mol. The molecule has 0 aliphatic carbocycles. The minimum Gasteiger partial charge on any atom is -0.406 e. The first-order valence-corrected chi connectivity index (χ1v) is 7.02. The van der Waals surface area contributed by atoms with Gasteiger partial charge in [0.2, 0.25) is 0 Å². The summed E-state index contributed by atoms with van der Waals surface area (Å²) in [5.74, 6) is -0.425. The number of benzene rings is 2. The van der Waals surface area contributed by atoms with Crippen molar-refractivity contribution in [2.75, 3.05) is 0 Å². The van der Waals surface area contributed by atoms with E-state index in [1.54, 1.807) is 17.6 Å². The molecule has 0 radical (unpaired) electrons. The van der Waals surface area contributed by atoms with Crippen molar-refractivity contribution in [3.8, 4) is 16.9 Å². The van der Waals surface area contributed by atoms with Crippen molar-refractivity contribution in [2.24, 2.45) is 0 Å². The van der Waals surface area contributed by atoms with Crippen LogP contribution >= 0.6 is 11.3 Å². The molecule has 0 aliphatic heterocycles. The van der Waals surface area contributed by atoms with Crippen LogP contribution in [0.4, 0.5) is 13.2 Å². The average Bonchev–Trinajstić information content (AvgIpc) is 2.92. The molecule has 0 N–H and O–H groups in total. The Morgan fingerprint density at radius 3 is 2.64 bits per heavy atom. The van der Waals surface area contributed by atoms with Crippen LogP contribution in [0.15, 0.2) is 41.9 Å². The van der Waals surface area contributed by atoms with Gasteiger partial charge in [-0.3, -0.25) is 4.79 Å². The van der Waals surface area contributed by atoms with E-state index >= 15 is 0 Å². The van der Waals surface area contributed by atoms with Crippen LogP contribution in [0.25, 0.3) is 21.3 Å². The number of aldehydes is 1. The van der Waals surface area contributed by atoms with Crippen LogP contribution in [0, 0.1) is 0 Å². The van der Waals surface area contributed by atoms with E-state index in [9.17, 15) is 18.0 Å². The topological polar surface area (TPSA) is 39.2 Å². The van der Waals surface area contributed by atoms with E-state index in [2.05, 4.69) is 9.72 Å². The third-order valence-corrected chi connectivity index (χ3v) is 3.77. The van der Waals surface area contributed by atoms with Gasteiger partial charge in [0.05, 0.1) is 15.7 Å². The van der Waals surface area contributed by atoms with E-state index in [1.807, 2.05) is 6.07 Å². The molecule has 7 heteroatoms. The highest BCUT2D eigenvalue weighted by atomic mass is 32.1. The monoisotopic (exact) mass is 323 g/mol. The lowest BCUT2D eigenvalue weighted by Crippen LogP contribution is -2.17. The largest absolute Gasteiger partial charge is 0.573 e. The Kier molecular flexibility index (Phi) is 3.58. The number of thiazole rings is 1. The van der Waals surface area contributed by atoms with E-state index in [0.717, 1.165) is 16.3 Å². The molecule has 0 aliphatic rings. The summed E-state index contributed by atoms with van der Waals surface area (Å²) >= 11 is 1.47. The van der Waals surface area contributed by atoms with E-state index in [0.29, 0.717) is 17.4 Å². The molecule has 22 heavy (non-hydrogen) atoms. The third-order valence-electron chi connectivity index (χ3n) is 2.96. The maximum absolute atomic E-state index is 12.4. The van der Waals surface area contributed by atoms with Crippen molar-refractivity contribution in [3.05, 3.63) is 47.5 Å². The smallest absolute Gasteiger partial charge is 0.406 e. The van der Waals surface area contributed by atoms with Crippen LogP contribution in [0.3, 0.4) is 0 Å². The van der Waals surface area contributed by atoms with E-state index in [4.69, 9.17) is 0 Å². The molecular formula is C15H8F3NO2S. The second kappa shape index (κ2) is 5.42. The lowest BCUT2D eigenvalue weighted by molar-refractivity contribution is -0.274. The number of hydrogen-bond donors (Lipinski definition) is 0. The SMILES string of the molecule is O=Cc1cc(OC(F)(F)F)cc(-c2ccc3scnc3c2)c1. The van der Waals surface area contributed by atoms with Crippen molar-refractivity contribution in [1.82, 2.24) is 4.98 Å². The molecule has 0 amide bonds. The van der Waals surface area contributed by atoms with Gasteiger partial charge in [0.15, 0.2) is 0 Å². The highest BCUT2D eigenvalue weighted by Gasteiger charge is 2.31. The van der Waals surface area contributed by atoms with Crippen molar-refractivity contribution in [2.45, 2.75) is 6.36 Å². The lowest BCUT2D eigenvalue weighted by atomic mass is 10.0. The van der Waals surface area contributed by atoms with E-state index in [-0.39, 0.29) is 5.56 Å². The zero-order valence-corrected chi connectivity index (χ0v) is 11.7. The van der Waals surface area contributed by atoms with E-state index < -0.39 is 12.1 Å². The third kappa shape index (κ3) is 3.09. The molecule has 1 heterocycles. The molecule has 0 saturated carbocycles. The maximum Gasteiger partial charge on any atom is 0.573 e. The van der Waals surface area contributed by atoms with Crippen molar-refractivity contribution in [1.29, 1.82) is 0 Å². The summed E-state index contributed by atoms with van der Waals surface area (Å²) in [6, 6.07) is 9.15. The molecule has 0 unspecified atom stereocenters. The van der Waals surface area contributed by atoms with Crippen molar-refractivity contribution < 1.29 is 22.7 Å². The summed E-state index contributed by atoms with van der Waals surface area (Å²) in [6.07, 6.45) is -4.33. The molecule has 112 valence electrons. The Hall–Kier alpha value is -2.41. The summed E-state index contributed by atoms with van der Waals surface area (Å²) in [5, 5.41) is 0. The molecular weight excluding hydrogens is 315 g/mol. The summed E-state index contributed by atoms with van der Waals surface area (Å²) in [7, 11) is 0. The van der Waals surface area contributed by atoms with Crippen molar-refractivity contribution >= 4 is 27.8 Å². The predicted octanol–water partition coefficient (Wildman–Crippen LogP) is 4.67. The number of halogens is 3. The highest BCUT2D eigenvalue weighted by molar-refractivity contribution is 7.16. The quantitative estimate of drug-likeness (QED) is 0.657. The van der Waals surface area contributed by atoms with Crippen LogP contribution in [-0.4, -0.2) is 17.6 Å². The van der Waals surface area contributed by atoms with Gasteiger partial charge in [-0.15, -0.1) is 24.5 Å². The Labute approximate surface area is 127 Å². The Balaban J connectivity index is 2.08. The van der Waals surface area contributed by atoms with Gasteiger partial charge in [-0.25, -0.2) is 4.98 Å². The standard InChI is InChI=1S/C15H8F3NO2S/c16-15(17,18)21-12-4-9(7-20)3-11(5-12)10-1-2-14-13(6-10)19-8-22-14/h1-8H. The average molecular weight is 323 g/mol. The highest BCUT2D eigenvalue weighted by Crippen LogP contribution is 2.31. The molecule has 3 nitrogen and oxygen atoms in total. The second-order valence-electron chi connectivity index (χ2n) is 4.49. The van der Waals surface area contributed by atoms with Crippen LogP contribution < -0.4 is 4.74 Å². The summed E-state index contributed by atoms with van der Waals surface area (Å²) in [5.41, 5.74) is 3.66. The first-order valence-electron chi connectivity index (χ1n) is 6.14. The van der Waals surface area contributed by atoms with Gasteiger partial charge in [-0.1, -0.05) is 6.07 Å². The molecule has 3 aromatic rings. The summed E-state index contributed by atoms with van der Waals surface area (Å²) < 4.78 is 42.0. The van der Waals surface area contributed by atoms with Gasteiger partial charge in [-0.2, -0.15) is 0 Å². The van der Waals surface area contributed by atoms with Crippen LogP contribution in [0.5, 0.6) is 5.75 Å². The van der Waals surface area contributed by atoms with Gasteiger partial charge < -0.3 is 4.74 Å². The molecule has 0 spiro atoms. The van der Waals surface area contributed by atoms with Gasteiger partial charge >= 0.3 is 6.36 Å². The van der Waals surface area contributed by atoms with Gasteiger partial charge in [0.25, 0.3) is 0 Å². The van der Waals surface area contributed by atoms with Crippen LogP contribution in [0.2, 0.25) is 0 Å². The molecule has 2 aromatic carbocycles. The number of aromatic nitrogens is 1. The zero-order chi connectivity index (χ0) is 15.7. The second-order valence-corrected chi connectivity index (χ2v) is 5.38. The maximum atomic E-state index is 12.4. The number of rotatable bonds is 3. The number of fused-ring (bicyclic) bond motifs is 1. The number of nitrogens with zero attached hydrogens (tertiary/aromatic N) is 1. The van der Waals surface area contributed by atoms with Crippen molar-refractivity contribution in [3.63, 3.8) is 0 Å². The fourth-order valence-electron chi connectivity index (χ4n) is 2.09. The number of carbonyl (C=O) groups is 1. The molecule has 3 rings (SSSR count). The molecule has 0 saturated heterocycles. The number of alkyl halides is 3. The fourth-order valence-corrected chi connectivity index (χ4v) is 2.75. The lowest BCUT2D eigenvalue weighted by Gasteiger charge is -2.11. The van der Waals surface area contributed by atoms with E-state index in [1.165, 1.54) is 23.5 Å². The molecule has 1 aromatic heterocycles. The molecule has 0 atom stereocenters. The fraction of sp³-hybridized carbons (Fsp3) is 0.0667. The minimum absolute atomic E-state index is 0.107. The molecule has 0 fully saturated rings. The Bertz CT molecular complexity index is 842. The first kappa shape index (κ1) is 14.5.